The number of rotatable bonds is 5. The topological polar surface area (TPSA) is 83.5 Å². The van der Waals surface area contributed by atoms with E-state index < -0.39 is 0 Å². The molecule has 0 saturated heterocycles. The second kappa shape index (κ2) is 6.15. The number of tetrazole rings is 1. The Morgan fingerprint density at radius 2 is 1.87 bits per heavy atom. The first-order valence-electron chi connectivity index (χ1n) is 7.53. The van der Waals surface area contributed by atoms with Gasteiger partial charge in [0, 0.05) is 6.42 Å². The van der Waals surface area contributed by atoms with E-state index in [1.165, 1.54) is 4.80 Å². The molecule has 0 N–H and O–H groups in total. The first-order valence-corrected chi connectivity index (χ1v) is 7.53. The molecule has 8 nitrogen and oxygen atoms in total. The lowest BCUT2D eigenvalue weighted by atomic mass is 10.1. The Labute approximate surface area is 134 Å². The molecule has 0 spiro atoms. The van der Waals surface area contributed by atoms with Crippen molar-refractivity contribution < 1.29 is 4.74 Å². The Morgan fingerprint density at radius 1 is 1.13 bits per heavy atom. The van der Waals surface area contributed by atoms with Gasteiger partial charge in [-0.1, -0.05) is 30.2 Å². The van der Waals surface area contributed by atoms with Gasteiger partial charge in [0.25, 0.3) is 5.95 Å². The summed E-state index contributed by atoms with van der Waals surface area (Å²) in [6, 6.07) is 6.28. The minimum Gasteiger partial charge on any atom is -0.423 e. The van der Waals surface area contributed by atoms with Crippen LogP contribution in [-0.4, -0.2) is 35.0 Å². The van der Waals surface area contributed by atoms with Gasteiger partial charge in [0.15, 0.2) is 0 Å². The molecule has 0 atom stereocenters. The van der Waals surface area contributed by atoms with Crippen molar-refractivity contribution in [3.8, 4) is 17.7 Å². The van der Waals surface area contributed by atoms with Crippen LogP contribution in [0.3, 0.4) is 0 Å². The van der Waals surface area contributed by atoms with Crippen LogP contribution < -0.4 is 4.74 Å². The molecule has 0 aliphatic heterocycles. The number of hydrogen-bond acceptors (Lipinski definition) is 6. The van der Waals surface area contributed by atoms with Gasteiger partial charge in [-0.25, -0.2) is 0 Å². The Bertz CT molecular complexity index is 801. The maximum Gasteiger partial charge on any atom is 0.341 e. The number of aryl methyl sites for hydroxylation is 4. The summed E-state index contributed by atoms with van der Waals surface area (Å²) in [4.78, 5) is 5.86. The Morgan fingerprint density at radius 3 is 2.48 bits per heavy atom. The summed E-state index contributed by atoms with van der Waals surface area (Å²) in [7, 11) is 1.71. The van der Waals surface area contributed by atoms with Gasteiger partial charge in [-0.3, -0.25) is 0 Å². The van der Waals surface area contributed by atoms with E-state index in [9.17, 15) is 0 Å². The van der Waals surface area contributed by atoms with Crippen LogP contribution in [0, 0.1) is 13.8 Å². The summed E-state index contributed by atoms with van der Waals surface area (Å²) in [5, 5.41) is 16.4. The minimum atomic E-state index is 0.290. The molecule has 1 aromatic carbocycles. The molecule has 120 valence electrons. The van der Waals surface area contributed by atoms with E-state index >= 15 is 0 Å². The zero-order valence-corrected chi connectivity index (χ0v) is 13.7. The fraction of sp³-hybridized carbons (Fsp3) is 0.400. The smallest absolute Gasteiger partial charge is 0.341 e. The first-order chi connectivity index (χ1) is 11.1. The number of hydrogen-bond donors (Lipinski definition) is 0. The molecule has 0 saturated carbocycles. The highest BCUT2D eigenvalue weighted by Crippen LogP contribution is 2.27. The zero-order valence-electron chi connectivity index (χ0n) is 13.7. The van der Waals surface area contributed by atoms with Crippen LogP contribution in [0.1, 0.15) is 30.3 Å². The third kappa shape index (κ3) is 3.05. The molecular formula is C15H19N7O. The second-order valence-corrected chi connectivity index (χ2v) is 5.37. The Balaban J connectivity index is 1.98. The summed E-state index contributed by atoms with van der Waals surface area (Å²) in [6.07, 6.45) is 1.68. The third-order valence-electron chi connectivity index (χ3n) is 3.42. The number of para-hydroxylation sites is 1. The molecule has 0 fully saturated rings. The molecule has 2 heterocycles. The average molecular weight is 313 g/mol. The number of ether oxygens (including phenoxy) is 1. The fourth-order valence-corrected chi connectivity index (χ4v) is 2.32. The van der Waals surface area contributed by atoms with E-state index in [1.54, 1.807) is 11.7 Å². The van der Waals surface area contributed by atoms with Crippen molar-refractivity contribution in [1.82, 2.24) is 35.0 Å². The molecule has 0 unspecified atom stereocenters. The lowest BCUT2D eigenvalue weighted by Crippen LogP contribution is -2.05. The molecule has 3 aromatic rings. The maximum atomic E-state index is 5.91. The van der Waals surface area contributed by atoms with Gasteiger partial charge in [0.05, 0.1) is 7.05 Å². The van der Waals surface area contributed by atoms with Crippen LogP contribution in [0.2, 0.25) is 0 Å². The highest BCUT2D eigenvalue weighted by Gasteiger charge is 2.17. The number of benzene rings is 1. The van der Waals surface area contributed by atoms with Gasteiger partial charge in [-0.2, -0.15) is 14.5 Å². The Hall–Kier alpha value is -2.77. The largest absolute Gasteiger partial charge is 0.423 e. The van der Waals surface area contributed by atoms with Gasteiger partial charge in [0.1, 0.15) is 11.6 Å². The van der Waals surface area contributed by atoms with Crippen molar-refractivity contribution in [2.24, 2.45) is 7.05 Å². The van der Waals surface area contributed by atoms with Crippen molar-refractivity contribution in [3.05, 3.63) is 35.2 Å². The van der Waals surface area contributed by atoms with Crippen LogP contribution in [0.4, 0.5) is 0 Å². The van der Waals surface area contributed by atoms with Crippen LogP contribution in [-0.2, 0) is 13.5 Å². The van der Waals surface area contributed by atoms with Gasteiger partial charge in [-0.15, -0.1) is 10.2 Å². The van der Waals surface area contributed by atoms with E-state index in [4.69, 9.17) is 4.74 Å². The van der Waals surface area contributed by atoms with E-state index in [0.717, 1.165) is 35.5 Å². The van der Waals surface area contributed by atoms with Crippen molar-refractivity contribution in [2.75, 3.05) is 0 Å². The third-order valence-corrected chi connectivity index (χ3v) is 3.42. The lowest BCUT2D eigenvalue weighted by molar-refractivity contribution is 0.434. The van der Waals surface area contributed by atoms with E-state index in [-0.39, 0.29) is 0 Å². The van der Waals surface area contributed by atoms with Crippen LogP contribution in [0.15, 0.2) is 18.2 Å². The van der Waals surface area contributed by atoms with Gasteiger partial charge < -0.3 is 4.74 Å². The van der Waals surface area contributed by atoms with Crippen molar-refractivity contribution in [2.45, 2.75) is 33.6 Å². The average Bonchev–Trinajstić information content (AvgIpc) is 3.10. The molecule has 0 amide bonds. The number of nitrogens with zero attached hydrogens (tertiary/aromatic N) is 7. The summed E-state index contributed by atoms with van der Waals surface area (Å²) in [6.45, 7) is 6.07. The van der Waals surface area contributed by atoms with E-state index in [1.807, 2.05) is 32.0 Å². The molecule has 0 bridgehead atoms. The zero-order chi connectivity index (χ0) is 16.4. The molecule has 0 aliphatic carbocycles. The fourth-order valence-electron chi connectivity index (χ4n) is 2.32. The first kappa shape index (κ1) is 15.1. The standard InChI is InChI=1S/C15H19N7O/c1-5-7-12-16-15(19-22(12)14-17-20-21(4)18-14)23-13-10(2)8-6-9-11(13)3/h6,8-9H,5,7H2,1-4H3. The normalized spacial score (nSPS) is 11.0. The highest BCUT2D eigenvalue weighted by molar-refractivity contribution is 5.41. The van der Waals surface area contributed by atoms with Gasteiger partial charge in [0.2, 0.25) is 0 Å². The molecule has 0 radical (unpaired) electrons. The summed E-state index contributed by atoms with van der Waals surface area (Å²) < 4.78 is 7.49. The molecule has 2 aromatic heterocycles. The summed E-state index contributed by atoms with van der Waals surface area (Å²) in [5.74, 6) is 1.92. The Kier molecular flexibility index (Phi) is 4.05. The van der Waals surface area contributed by atoms with E-state index in [2.05, 4.69) is 32.4 Å². The SMILES string of the molecule is CCCc1nc(Oc2c(C)cccc2C)nn1-c1nnn(C)n1. The predicted molar refractivity (Wildman–Crippen MR) is 83.7 cm³/mol. The highest BCUT2D eigenvalue weighted by atomic mass is 16.5. The number of aromatic nitrogens is 7. The van der Waals surface area contributed by atoms with E-state index in [0.29, 0.717) is 12.0 Å². The van der Waals surface area contributed by atoms with Crippen molar-refractivity contribution in [3.63, 3.8) is 0 Å². The molecule has 0 aliphatic rings. The molecule has 3 rings (SSSR count). The minimum absolute atomic E-state index is 0.290. The molecule has 23 heavy (non-hydrogen) atoms. The van der Waals surface area contributed by atoms with Crippen molar-refractivity contribution >= 4 is 0 Å². The monoisotopic (exact) mass is 313 g/mol. The van der Waals surface area contributed by atoms with Crippen molar-refractivity contribution in [1.29, 1.82) is 0 Å². The summed E-state index contributed by atoms with van der Waals surface area (Å²) in [5.41, 5.74) is 2.08. The van der Waals surface area contributed by atoms with Crippen LogP contribution in [0.5, 0.6) is 11.8 Å². The lowest BCUT2D eigenvalue weighted by Gasteiger charge is -2.07. The van der Waals surface area contributed by atoms with Crippen LogP contribution >= 0.6 is 0 Å². The predicted octanol–water partition coefficient (Wildman–Crippen LogP) is 2.15. The quantitative estimate of drug-likeness (QED) is 0.717. The molecule has 8 heteroatoms. The molecular weight excluding hydrogens is 294 g/mol. The maximum absolute atomic E-state index is 5.91. The summed E-state index contributed by atoms with van der Waals surface area (Å²) >= 11 is 0. The van der Waals surface area contributed by atoms with Crippen LogP contribution in [0.25, 0.3) is 5.95 Å². The second-order valence-electron chi connectivity index (χ2n) is 5.37. The van der Waals surface area contributed by atoms with Gasteiger partial charge >= 0.3 is 6.01 Å². The van der Waals surface area contributed by atoms with Gasteiger partial charge in [-0.05, 0) is 36.6 Å².